The number of aliphatic hydroxyl groups is 1. The van der Waals surface area contributed by atoms with Crippen molar-refractivity contribution in [3.05, 3.63) is 23.3 Å². The highest BCUT2D eigenvalue weighted by Gasteiger charge is 2.18. The lowest BCUT2D eigenvalue weighted by atomic mass is 9.89. The topological polar surface area (TPSA) is 58.3 Å². The van der Waals surface area contributed by atoms with Gasteiger partial charge >= 0.3 is 0 Å². The van der Waals surface area contributed by atoms with Crippen molar-refractivity contribution >= 4 is 19.0 Å². The van der Waals surface area contributed by atoms with Gasteiger partial charge in [-0.15, -0.1) is 0 Å². The summed E-state index contributed by atoms with van der Waals surface area (Å²) in [7, 11) is 5.86. The number of nitrogen functional groups attached to an aromatic ring is 1. The van der Waals surface area contributed by atoms with Gasteiger partial charge in [-0.2, -0.15) is 0 Å². The minimum absolute atomic E-state index is 0.109. The van der Waals surface area contributed by atoms with Crippen LogP contribution in [0.4, 0.5) is 5.69 Å². The maximum Gasteiger partial charge on any atom is 0.116 e. The van der Waals surface area contributed by atoms with Crippen molar-refractivity contribution < 1.29 is 5.11 Å². The third-order valence-corrected chi connectivity index (χ3v) is 3.72. The van der Waals surface area contributed by atoms with Crippen LogP contribution in [0.15, 0.2) is 12.1 Å². The molecule has 0 unspecified atom stereocenters. The predicted molar refractivity (Wildman–Crippen MR) is 76.1 cm³/mol. The zero-order valence-corrected chi connectivity index (χ0v) is 10.9. The van der Waals surface area contributed by atoms with Gasteiger partial charge in [-0.25, -0.2) is 0 Å². The zero-order chi connectivity index (χ0) is 13.1. The molecule has 4 N–H and O–H groups in total. The van der Waals surface area contributed by atoms with Gasteiger partial charge in [0.1, 0.15) is 7.85 Å². The summed E-state index contributed by atoms with van der Waals surface area (Å²) in [5, 5.41) is 13.0. The Bertz CT molecular complexity index is 415. The van der Waals surface area contributed by atoms with Crippen LogP contribution in [0.25, 0.3) is 0 Å². The van der Waals surface area contributed by atoms with E-state index >= 15 is 0 Å². The van der Waals surface area contributed by atoms with Crippen LogP contribution in [-0.2, 0) is 6.54 Å². The minimum atomic E-state index is -0.109. The molecule has 96 valence electrons. The highest BCUT2D eigenvalue weighted by Crippen LogP contribution is 2.19. The summed E-state index contributed by atoms with van der Waals surface area (Å²) in [4.78, 5) is 0. The molecule has 2 rings (SSSR count). The van der Waals surface area contributed by atoms with E-state index in [0.717, 1.165) is 43.4 Å². The van der Waals surface area contributed by atoms with Crippen LogP contribution < -0.4 is 16.5 Å². The summed E-state index contributed by atoms with van der Waals surface area (Å²) >= 11 is 0. The van der Waals surface area contributed by atoms with E-state index in [2.05, 4.69) is 11.4 Å². The Hall–Kier alpha value is -0.995. The molecule has 0 spiro atoms. The van der Waals surface area contributed by atoms with E-state index in [4.69, 9.17) is 13.6 Å². The summed E-state index contributed by atoms with van der Waals surface area (Å²) in [6.45, 7) is 2.77. The quantitative estimate of drug-likeness (QED) is 0.543. The number of hydrogen-bond donors (Lipinski definition) is 3. The van der Waals surface area contributed by atoms with E-state index < -0.39 is 0 Å². The Morgan fingerprint density at radius 3 is 2.67 bits per heavy atom. The van der Waals surface area contributed by atoms with Crippen molar-refractivity contribution in [2.75, 3.05) is 5.73 Å². The van der Waals surface area contributed by atoms with Gasteiger partial charge in [0, 0.05) is 18.3 Å². The summed E-state index contributed by atoms with van der Waals surface area (Å²) in [5.41, 5.74) is 9.53. The Morgan fingerprint density at radius 1 is 1.33 bits per heavy atom. The number of aliphatic hydroxyl groups excluding tert-OH is 1. The number of aryl methyl sites for hydroxylation is 1. The average molecular weight is 244 g/mol. The number of nitrogens with one attached hydrogen (secondary N) is 1. The van der Waals surface area contributed by atoms with E-state index in [9.17, 15) is 5.11 Å². The number of nitrogens with two attached hydrogens (primary N) is 1. The van der Waals surface area contributed by atoms with Crippen LogP contribution in [0.3, 0.4) is 0 Å². The van der Waals surface area contributed by atoms with Crippen molar-refractivity contribution in [3.63, 3.8) is 0 Å². The summed E-state index contributed by atoms with van der Waals surface area (Å²) in [5.74, 6) is 0. The second-order valence-electron chi connectivity index (χ2n) is 5.31. The summed E-state index contributed by atoms with van der Waals surface area (Å²) in [6.07, 6.45) is 3.74. The molecule has 1 aromatic carbocycles. The molecule has 1 aliphatic carbocycles. The van der Waals surface area contributed by atoms with Gasteiger partial charge in [-0.1, -0.05) is 23.2 Å². The lowest BCUT2D eigenvalue weighted by molar-refractivity contribution is 0.116. The van der Waals surface area contributed by atoms with Crippen molar-refractivity contribution in [2.45, 2.75) is 51.3 Å². The van der Waals surface area contributed by atoms with E-state index in [1.165, 1.54) is 0 Å². The van der Waals surface area contributed by atoms with Gasteiger partial charge in [0.25, 0.3) is 0 Å². The fourth-order valence-corrected chi connectivity index (χ4v) is 2.58. The van der Waals surface area contributed by atoms with E-state index in [0.29, 0.717) is 17.2 Å². The maximum absolute atomic E-state index is 9.46. The zero-order valence-electron chi connectivity index (χ0n) is 10.9. The van der Waals surface area contributed by atoms with Crippen molar-refractivity contribution in [2.24, 2.45) is 0 Å². The molecule has 0 amide bonds. The Labute approximate surface area is 110 Å². The molecule has 1 aliphatic rings. The second-order valence-corrected chi connectivity index (χ2v) is 5.31. The number of benzene rings is 1. The number of hydrogen-bond acceptors (Lipinski definition) is 3. The van der Waals surface area contributed by atoms with Crippen LogP contribution in [0.1, 0.15) is 36.8 Å². The summed E-state index contributed by atoms with van der Waals surface area (Å²) < 4.78 is 0. The molecule has 2 radical (unpaired) electrons. The molecule has 1 fully saturated rings. The standard InChI is InChI=1S/C14H21BN2O/c1-9-6-10(14(16)13(15)7-9)8-17-11-2-4-12(18)5-3-11/h6-7,11-12,17-18H,2-5,8,16H2,1H3. The predicted octanol–water partition coefficient (Wildman–Crippen LogP) is 0.764. The third kappa shape index (κ3) is 3.27. The molecule has 0 saturated heterocycles. The highest BCUT2D eigenvalue weighted by atomic mass is 16.3. The van der Waals surface area contributed by atoms with Gasteiger partial charge < -0.3 is 16.2 Å². The smallest absolute Gasteiger partial charge is 0.116 e. The van der Waals surface area contributed by atoms with E-state index in [1.54, 1.807) is 0 Å². The first kappa shape index (κ1) is 13.4. The molecule has 0 aliphatic heterocycles. The maximum atomic E-state index is 9.46. The van der Waals surface area contributed by atoms with E-state index in [-0.39, 0.29) is 6.10 Å². The van der Waals surface area contributed by atoms with Gasteiger partial charge in [0.05, 0.1) is 6.10 Å². The van der Waals surface area contributed by atoms with Gasteiger partial charge in [-0.05, 0) is 38.2 Å². The Balaban J connectivity index is 1.94. The lowest BCUT2D eigenvalue weighted by Crippen LogP contribution is -2.34. The average Bonchev–Trinajstić information content (AvgIpc) is 2.34. The van der Waals surface area contributed by atoms with Crippen molar-refractivity contribution in [1.29, 1.82) is 0 Å². The van der Waals surface area contributed by atoms with Crippen molar-refractivity contribution in [1.82, 2.24) is 5.32 Å². The van der Waals surface area contributed by atoms with Gasteiger partial charge in [0.2, 0.25) is 0 Å². The molecule has 1 saturated carbocycles. The van der Waals surface area contributed by atoms with Crippen molar-refractivity contribution in [3.8, 4) is 0 Å². The molecule has 3 nitrogen and oxygen atoms in total. The van der Waals surface area contributed by atoms with Gasteiger partial charge in [-0.3, -0.25) is 0 Å². The minimum Gasteiger partial charge on any atom is -0.399 e. The van der Waals surface area contributed by atoms with Crippen LogP contribution in [0.2, 0.25) is 0 Å². The summed E-state index contributed by atoms with van der Waals surface area (Å²) in [6, 6.07) is 4.46. The molecule has 0 atom stereocenters. The Kier molecular flexibility index (Phi) is 4.30. The van der Waals surface area contributed by atoms with Gasteiger partial charge in [0.15, 0.2) is 0 Å². The highest BCUT2D eigenvalue weighted by molar-refractivity contribution is 6.35. The Morgan fingerprint density at radius 2 is 2.00 bits per heavy atom. The molecule has 0 heterocycles. The fourth-order valence-electron chi connectivity index (χ4n) is 2.58. The molecule has 1 aromatic rings. The number of rotatable bonds is 3. The molecular weight excluding hydrogens is 223 g/mol. The third-order valence-electron chi connectivity index (χ3n) is 3.72. The molecule has 4 heteroatoms. The fraction of sp³-hybridized carbons (Fsp3) is 0.571. The van der Waals surface area contributed by atoms with E-state index in [1.807, 2.05) is 13.0 Å². The first-order valence-electron chi connectivity index (χ1n) is 6.62. The molecular formula is C14H21BN2O. The lowest BCUT2D eigenvalue weighted by Gasteiger charge is -2.26. The molecule has 0 aromatic heterocycles. The second kappa shape index (κ2) is 5.76. The van der Waals surface area contributed by atoms with Crippen LogP contribution in [0.5, 0.6) is 0 Å². The SMILES string of the molecule is [B]c1cc(C)cc(CNC2CCC(O)CC2)c1N. The van der Waals surface area contributed by atoms with Crippen LogP contribution in [-0.4, -0.2) is 25.1 Å². The first-order chi connectivity index (χ1) is 8.56. The number of anilines is 1. The molecule has 18 heavy (non-hydrogen) atoms. The monoisotopic (exact) mass is 244 g/mol. The molecule has 0 bridgehead atoms. The normalized spacial score (nSPS) is 24.1. The van der Waals surface area contributed by atoms with Crippen LogP contribution >= 0.6 is 0 Å². The first-order valence-corrected chi connectivity index (χ1v) is 6.62. The largest absolute Gasteiger partial charge is 0.399 e. The van der Waals surface area contributed by atoms with Crippen LogP contribution in [0, 0.1) is 6.92 Å².